The summed E-state index contributed by atoms with van der Waals surface area (Å²) in [4.78, 5) is 13.3. The maximum absolute atomic E-state index is 13.1. The van der Waals surface area contributed by atoms with Gasteiger partial charge in [0, 0.05) is 24.4 Å². The van der Waals surface area contributed by atoms with Crippen molar-refractivity contribution < 1.29 is 19.1 Å². The number of methoxy groups -OCH3 is 1. The van der Waals surface area contributed by atoms with E-state index in [9.17, 15) is 9.18 Å². The van der Waals surface area contributed by atoms with Crippen LogP contribution >= 0.6 is 11.3 Å². The fourth-order valence-electron chi connectivity index (χ4n) is 3.02. The van der Waals surface area contributed by atoms with Crippen LogP contribution in [-0.2, 0) is 16.1 Å². The highest BCUT2D eigenvalue weighted by Gasteiger charge is 2.23. The number of ether oxygens (including phenoxy) is 1. The molecule has 7 heteroatoms. The molecular weight excluding hydrogens is 367 g/mol. The maximum atomic E-state index is 13.1. The first-order valence-electron chi connectivity index (χ1n) is 9.09. The lowest BCUT2D eigenvalue weighted by atomic mass is 9.91. The minimum absolute atomic E-state index is 0.312. The lowest BCUT2D eigenvalue weighted by Crippen LogP contribution is -2.29. The fourth-order valence-corrected chi connectivity index (χ4v) is 3.69. The van der Waals surface area contributed by atoms with Crippen LogP contribution in [0.5, 0.6) is 0 Å². The number of hydrogen-bond acceptors (Lipinski definition) is 5. The lowest BCUT2D eigenvalue weighted by Gasteiger charge is -2.22. The molecule has 1 heterocycles. The van der Waals surface area contributed by atoms with E-state index in [1.807, 2.05) is 6.07 Å². The van der Waals surface area contributed by atoms with Gasteiger partial charge in [-0.2, -0.15) is 0 Å². The van der Waals surface area contributed by atoms with E-state index in [2.05, 4.69) is 16.8 Å². The second-order valence-corrected chi connectivity index (χ2v) is 7.47. The average molecular weight is 395 g/mol. The highest BCUT2D eigenvalue weighted by Crippen LogP contribution is 2.27. The van der Waals surface area contributed by atoms with Gasteiger partial charge >= 0.3 is 0 Å². The molecule has 0 spiro atoms. The Balaban J connectivity index is 1.79. The third kappa shape index (κ3) is 7.38. The van der Waals surface area contributed by atoms with Crippen molar-refractivity contribution in [3.05, 3.63) is 58.0 Å². The molecule has 1 aromatic carbocycles. The smallest absolute Gasteiger partial charge is 0.246 e. The Bertz CT molecular complexity index is 664. The van der Waals surface area contributed by atoms with Gasteiger partial charge in [-0.25, -0.2) is 9.87 Å². The van der Waals surface area contributed by atoms with Crippen molar-refractivity contribution in [3.8, 4) is 0 Å². The summed E-state index contributed by atoms with van der Waals surface area (Å²) >= 11 is 1.73. The molecule has 3 N–H and O–H groups in total. The summed E-state index contributed by atoms with van der Waals surface area (Å²) in [5, 5.41) is 14.5. The molecule has 0 bridgehead atoms. The van der Waals surface area contributed by atoms with E-state index in [0.717, 1.165) is 31.5 Å². The van der Waals surface area contributed by atoms with E-state index in [4.69, 9.17) is 9.94 Å². The molecule has 0 fully saturated rings. The van der Waals surface area contributed by atoms with Crippen molar-refractivity contribution in [2.45, 2.75) is 38.3 Å². The van der Waals surface area contributed by atoms with Gasteiger partial charge in [-0.1, -0.05) is 24.6 Å². The predicted molar refractivity (Wildman–Crippen MR) is 104 cm³/mol. The van der Waals surface area contributed by atoms with E-state index < -0.39 is 5.91 Å². The van der Waals surface area contributed by atoms with Crippen LogP contribution in [0.2, 0.25) is 0 Å². The Hall–Kier alpha value is -1.80. The van der Waals surface area contributed by atoms with Crippen LogP contribution in [0.1, 0.15) is 42.2 Å². The minimum Gasteiger partial charge on any atom is -0.377 e. The Morgan fingerprint density at radius 1 is 1.26 bits per heavy atom. The number of amides is 1. The van der Waals surface area contributed by atoms with Crippen molar-refractivity contribution >= 4 is 17.2 Å². The molecule has 2 rings (SSSR count). The molecule has 1 aromatic heterocycles. The van der Waals surface area contributed by atoms with Crippen LogP contribution in [0.4, 0.5) is 4.39 Å². The van der Waals surface area contributed by atoms with Crippen molar-refractivity contribution in [2.75, 3.05) is 13.7 Å². The number of halogens is 1. The van der Waals surface area contributed by atoms with Crippen LogP contribution in [0, 0.1) is 11.7 Å². The quantitative estimate of drug-likeness (QED) is 0.289. The SMILES string of the molecule is CO[C@H](C[C@H](CCCCNCc1cccs1)C(=O)NO)c1ccc(F)cc1. The predicted octanol–water partition coefficient (Wildman–Crippen LogP) is 4.05. The molecule has 0 radical (unpaired) electrons. The summed E-state index contributed by atoms with van der Waals surface area (Å²) in [7, 11) is 1.57. The topological polar surface area (TPSA) is 70.6 Å². The lowest BCUT2D eigenvalue weighted by molar-refractivity contribution is -0.135. The van der Waals surface area contributed by atoms with Crippen LogP contribution < -0.4 is 10.8 Å². The summed E-state index contributed by atoms with van der Waals surface area (Å²) in [5.74, 6) is -1.10. The standard InChI is InChI=1S/C20H27FN2O3S/c1-26-19(15-7-9-17(21)10-8-15)13-16(20(24)23-25)5-2-3-11-22-14-18-6-4-12-27-18/h4,6-10,12,16,19,22,25H,2-3,5,11,13-14H2,1H3,(H,23,24)/t16-,19+/m0/s1. The van der Waals surface area contributed by atoms with E-state index in [-0.39, 0.29) is 17.8 Å². The Kier molecular flexibility index (Phi) is 9.41. The number of nitrogens with one attached hydrogen (secondary N) is 2. The number of carbonyl (C=O) groups excluding carboxylic acids is 1. The van der Waals surface area contributed by atoms with Crippen LogP contribution in [-0.4, -0.2) is 24.8 Å². The monoisotopic (exact) mass is 394 g/mol. The zero-order valence-corrected chi connectivity index (χ0v) is 16.3. The number of hydroxylamine groups is 1. The molecule has 5 nitrogen and oxygen atoms in total. The molecule has 0 saturated carbocycles. The van der Waals surface area contributed by atoms with Crippen molar-refractivity contribution in [1.29, 1.82) is 0 Å². The van der Waals surface area contributed by atoms with Gasteiger partial charge in [-0.15, -0.1) is 11.3 Å². The molecule has 0 saturated heterocycles. The van der Waals surface area contributed by atoms with Gasteiger partial charge in [-0.3, -0.25) is 10.0 Å². The molecule has 2 aromatic rings. The second-order valence-electron chi connectivity index (χ2n) is 6.44. The number of hydrogen-bond donors (Lipinski definition) is 3. The maximum Gasteiger partial charge on any atom is 0.246 e. The molecule has 0 unspecified atom stereocenters. The summed E-state index contributed by atoms with van der Waals surface area (Å²) in [6.45, 7) is 1.73. The van der Waals surface area contributed by atoms with Gasteiger partial charge in [0.25, 0.3) is 0 Å². The first-order valence-corrected chi connectivity index (χ1v) is 9.97. The van der Waals surface area contributed by atoms with Crippen molar-refractivity contribution in [2.24, 2.45) is 5.92 Å². The Labute approximate surface area is 163 Å². The van der Waals surface area contributed by atoms with Gasteiger partial charge in [0.2, 0.25) is 5.91 Å². The molecule has 27 heavy (non-hydrogen) atoms. The van der Waals surface area contributed by atoms with E-state index >= 15 is 0 Å². The zero-order valence-electron chi connectivity index (χ0n) is 15.5. The van der Waals surface area contributed by atoms with Crippen LogP contribution in [0.25, 0.3) is 0 Å². The minimum atomic E-state index is -0.411. The fraction of sp³-hybridized carbons (Fsp3) is 0.450. The zero-order chi connectivity index (χ0) is 19.5. The normalized spacial score (nSPS) is 13.3. The van der Waals surface area contributed by atoms with Gasteiger partial charge in [-0.05, 0) is 54.9 Å². The van der Waals surface area contributed by atoms with Crippen LogP contribution in [0.3, 0.4) is 0 Å². The summed E-state index contributed by atoms with van der Waals surface area (Å²) in [6.07, 6.45) is 2.54. The van der Waals surface area contributed by atoms with Crippen molar-refractivity contribution in [1.82, 2.24) is 10.8 Å². The van der Waals surface area contributed by atoms with Crippen molar-refractivity contribution in [3.63, 3.8) is 0 Å². The van der Waals surface area contributed by atoms with Crippen LogP contribution in [0.15, 0.2) is 41.8 Å². The van der Waals surface area contributed by atoms with E-state index in [1.165, 1.54) is 17.0 Å². The molecule has 2 atom stereocenters. The molecular formula is C20H27FN2O3S. The molecule has 0 aliphatic carbocycles. The molecule has 148 valence electrons. The highest BCUT2D eigenvalue weighted by molar-refractivity contribution is 7.09. The van der Waals surface area contributed by atoms with E-state index in [1.54, 1.807) is 36.1 Å². The largest absolute Gasteiger partial charge is 0.377 e. The Morgan fingerprint density at radius 2 is 2.04 bits per heavy atom. The van der Waals surface area contributed by atoms with Gasteiger partial charge in [0.1, 0.15) is 5.82 Å². The summed E-state index contributed by atoms with van der Waals surface area (Å²) in [5.41, 5.74) is 2.57. The van der Waals surface area contributed by atoms with Gasteiger partial charge in [0.05, 0.1) is 6.10 Å². The number of unbranched alkanes of at least 4 members (excludes halogenated alkanes) is 1. The average Bonchev–Trinajstić information content (AvgIpc) is 3.20. The first-order chi connectivity index (χ1) is 13.1. The number of carbonyl (C=O) groups is 1. The summed E-state index contributed by atoms with van der Waals surface area (Å²) in [6, 6.07) is 10.2. The third-order valence-corrected chi connectivity index (χ3v) is 5.42. The number of thiophene rings is 1. The molecule has 0 aliphatic rings. The number of rotatable bonds is 12. The molecule has 0 aliphatic heterocycles. The Morgan fingerprint density at radius 3 is 2.67 bits per heavy atom. The highest BCUT2D eigenvalue weighted by atomic mass is 32.1. The number of benzene rings is 1. The second kappa shape index (κ2) is 11.8. The molecule has 1 amide bonds. The van der Waals surface area contributed by atoms with E-state index in [0.29, 0.717) is 12.8 Å². The first kappa shape index (κ1) is 21.5. The summed E-state index contributed by atoms with van der Waals surface area (Å²) < 4.78 is 18.6. The van der Waals surface area contributed by atoms with Gasteiger partial charge < -0.3 is 10.1 Å². The third-order valence-electron chi connectivity index (χ3n) is 4.54. The van der Waals surface area contributed by atoms with Gasteiger partial charge in [0.15, 0.2) is 0 Å².